The highest BCUT2D eigenvalue weighted by atomic mass is 16.5. The Bertz CT molecular complexity index is 807. The van der Waals surface area contributed by atoms with Crippen molar-refractivity contribution >= 4 is 11.9 Å². The predicted octanol–water partition coefficient (Wildman–Crippen LogP) is 5.48. The van der Waals surface area contributed by atoms with Gasteiger partial charge in [-0.15, -0.1) is 0 Å². The first-order valence-electron chi connectivity index (χ1n) is 13.3. The smallest absolute Gasteiger partial charge is 0.338 e. The molecule has 1 saturated carbocycles. The van der Waals surface area contributed by atoms with Crippen molar-refractivity contribution in [1.29, 1.82) is 0 Å². The number of hydrogen-bond donors (Lipinski definition) is 1. The van der Waals surface area contributed by atoms with Gasteiger partial charge in [-0.1, -0.05) is 56.5 Å². The largest absolute Gasteiger partial charge is 0.469 e. The first kappa shape index (κ1) is 27.4. The van der Waals surface area contributed by atoms with E-state index in [2.05, 4.69) is 19.1 Å². The van der Waals surface area contributed by atoms with E-state index in [1.165, 1.54) is 7.11 Å². The first-order chi connectivity index (χ1) is 17.0. The number of methoxy groups -OCH3 is 1. The Morgan fingerprint density at radius 2 is 1.97 bits per heavy atom. The maximum absolute atomic E-state index is 12.8. The van der Waals surface area contributed by atoms with Crippen LogP contribution in [0.25, 0.3) is 0 Å². The summed E-state index contributed by atoms with van der Waals surface area (Å²) in [7, 11) is 1.41. The lowest BCUT2D eigenvalue weighted by atomic mass is 9.82. The lowest BCUT2D eigenvalue weighted by Gasteiger charge is -2.28. The molecule has 1 aromatic rings. The van der Waals surface area contributed by atoms with Crippen molar-refractivity contribution in [3.63, 3.8) is 0 Å². The molecule has 1 aliphatic carbocycles. The molecule has 1 N–H and O–H groups in total. The van der Waals surface area contributed by atoms with Crippen molar-refractivity contribution in [2.75, 3.05) is 13.7 Å². The minimum Gasteiger partial charge on any atom is -0.469 e. The average molecular weight is 487 g/mol. The molecule has 194 valence electrons. The van der Waals surface area contributed by atoms with Crippen LogP contribution in [0.3, 0.4) is 0 Å². The number of carbonyl (C=O) groups excluding carboxylic acids is 2. The van der Waals surface area contributed by atoms with Gasteiger partial charge in [0.2, 0.25) is 0 Å². The molecule has 35 heavy (non-hydrogen) atoms. The second-order valence-corrected chi connectivity index (χ2v) is 9.98. The van der Waals surface area contributed by atoms with Gasteiger partial charge in [-0.2, -0.15) is 0 Å². The molecule has 0 bridgehead atoms. The van der Waals surface area contributed by atoms with Gasteiger partial charge in [0, 0.05) is 12.3 Å². The fraction of sp³-hybridized carbons (Fsp3) is 0.655. The van der Waals surface area contributed by atoms with Crippen LogP contribution >= 0.6 is 0 Å². The zero-order valence-corrected chi connectivity index (χ0v) is 21.3. The number of esters is 2. The summed E-state index contributed by atoms with van der Waals surface area (Å²) in [5.74, 6) is 0.297. The van der Waals surface area contributed by atoms with Gasteiger partial charge < -0.3 is 19.3 Å². The number of allylic oxidation sites excluding steroid dienone is 2. The fourth-order valence-electron chi connectivity index (χ4n) is 5.65. The van der Waals surface area contributed by atoms with Crippen LogP contribution in [0, 0.1) is 17.8 Å². The molecule has 1 aliphatic heterocycles. The Hall–Kier alpha value is -2.18. The number of aliphatic hydroxyl groups excluding tert-OH is 1. The molecule has 6 nitrogen and oxygen atoms in total. The molecule has 2 aliphatic rings. The molecule has 0 spiro atoms. The third kappa shape index (κ3) is 8.18. The summed E-state index contributed by atoms with van der Waals surface area (Å²) >= 11 is 0. The number of benzene rings is 1. The van der Waals surface area contributed by atoms with Gasteiger partial charge in [-0.25, -0.2) is 4.79 Å². The van der Waals surface area contributed by atoms with E-state index in [0.717, 1.165) is 51.4 Å². The number of aliphatic hydroxyl groups is 1. The zero-order valence-electron chi connectivity index (χ0n) is 21.3. The minimum absolute atomic E-state index is 0.00483. The SMILES string of the molecule is CCCCC[C@@H](O)C[C@H]1OC[C@@H]2C[C@H](OC(=O)c3ccccc3)[C@H](C/C=C\CCCC(=O)OC)[C@@H]21. The van der Waals surface area contributed by atoms with Gasteiger partial charge in [0.25, 0.3) is 0 Å². The van der Waals surface area contributed by atoms with Crippen molar-refractivity contribution in [2.45, 2.75) is 89.4 Å². The Labute approximate surface area is 210 Å². The Kier molecular flexibility index (Phi) is 11.3. The van der Waals surface area contributed by atoms with E-state index >= 15 is 0 Å². The highest BCUT2D eigenvalue weighted by Crippen LogP contribution is 2.49. The van der Waals surface area contributed by atoms with Crippen LogP contribution in [-0.4, -0.2) is 49.1 Å². The van der Waals surface area contributed by atoms with E-state index in [0.29, 0.717) is 30.9 Å². The topological polar surface area (TPSA) is 82.1 Å². The maximum atomic E-state index is 12.8. The van der Waals surface area contributed by atoms with Crippen LogP contribution in [0.5, 0.6) is 0 Å². The van der Waals surface area contributed by atoms with Crippen LogP contribution in [-0.2, 0) is 19.0 Å². The van der Waals surface area contributed by atoms with Crippen molar-refractivity contribution in [3.05, 3.63) is 48.0 Å². The van der Waals surface area contributed by atoms with Crippen LogP contribution in [0.1, 0.15) is 81.5 Å². The molecule has 1 saturated heterocycles. The van der Waals surface area contributed by atoms with Crippen LogP contribution in [0.4, 0.5) is 0 Å². The van der Waals surface area contributed by atoms with Crippen molar-refractivity contribution < 1.29 is 28.9 Å². The first-order valence-corrected chi connectivity index (χ1v) is 13.3. The summed E-state index contributed by atoms with van der Waals surface area (Å²) < 4.78 is 16.9. The molecule has 0 amide bonds. The van der Waals surface area contributed by atoms with E-state index in [1.54, 1.807) is 12.1 Å². The lowest BCUT2D eigenvalue weighted by Crippen LogP contribution is -2.32. The van der Waals surface area contributed by atoms with E-state index in [-0.39, 0.29) is 42.1 Å². The number of ether oxygens (including phenoxy) is 3. The Morgan fingerprint density at radius 3 is 2.71 bits per heavy atom. The normalized spacial score (nSPS) is 26.5. The number of hydrogen-bond acceptors (Lipinski definition) is 6. The minimum atomic E-state index is -0.356. The Morgan fingerprint density at radius 1 is 1.17 bits per heavy atom. The second kappa shape index (κ2) is 14.4. The molecular formula is C29H42O6. The maximum Gasteiger partial charge on any atom is 0.338 e. The standard InChI is InChI=1S/C29H42O6/c1-3-4-8-15-23(30)19-26-28-22(20-34-26)18-25(35-29(32)21-13-9-7-10-14-21)24(28)16-11-5-6-12-17-27(31)33-2/h5,7,9-11,13-14,22-26,28,30H,3-4,6,8,12,15-20H2,1-2H3/b11-5-/t22-,23+,24-,25-,26+,28+/m0/s1. The van der Waals surface area contributed by atoms with Gasteiger partial charge in [-0.05, 0) is 62.5 Å². The van der Waals surface area contributed by atoms with Crippen molar-refractivity contribution in [1.82, 2.24) is 0 Å². The van der Waals surface area contributed by atoms with Gasteiger partial charge in [-0.3, -0.25) is 4.79 Å². The van der Waals surface area contributed by atoms with E-state index < -0.39 is 0 Å². The fourth-order valence-corrected chi connectivity index (χ4v) is 5.65. The molecule has 6 atom stereocenters. The molecule has 1 heterocycles. The van der Waals surface area contributed by atoms with E-state index in [4.69, 9.17) is 14.2 Å². The Balaban J connectivity index is 1.63. The third-order valence-corrected chi connectivity index (χ3v) is 7.47. The van der Waals surface area contributed by atoms with Gasteiger partial charge in [0.15, 0.2) is 0 Å². The quantitative estimate of drug-likeness (QED) is 0.213. The molecule has 1 aromatic carbocycles. The third-order valence-electron chi connectivity index (χ3n) is 7.47. The molecule has 0 radical (unpaired) electrons. The number of rotatable bonds is 14. The highest BCUT2D eigenvalue weighted by Gasteiger charge is 2.52. The molecule has 6 heteroatoms. The molecule has 0 aromatic heterocycles. The number of fused-ring (bicyclic) bond motifs is 1. The number of carbonyl (C=O) groups is 2. The van der Waals surface area contributed by atoms with Gasteiger partial charge in [0.1, 0.15) is 6.10 Å². The molecule has 0 unspecified atom stereocenters. The molecular weight excluding hydrogens is 444 g/mol. The predicted molar refractivity (Wildman–Crippen MR) is 135 cm³/mol. The van der Waals surface area contributed by atoms with E-state index in [1.807, 2.05) is 18.2 Å². The summed E-state index contributed by atoms with van der Waals surface area (Å²) in [5, 5.41) is 10.6. The van der Waals surface area contributed by atoms with Crippen molar-refractivity contribution in [2.24, 2.45) is 17.8 Å². The van der Waals surface area contributed by atoms with E-state index in [9.17, 15) is 14.7 Å². The lowest BCUT2D eigenvalue weighted by molar-refractivity contribution is -0.140. The molecule has 2 fully saturated rings. The zero-order chi connectivity index (χ0) is 25.0. The summed E-state index contributed by atoms with van der Waals surface area (Å²) in [6.07, 6.45) is 12.1. The summed E-state index contributed by atoms with van der Waals surface area (Å²) in [5.41, 5.74) is 0.570. The van der Waals surface area contributed by atoms with Crippen LogP contribution < -0.4 is 0 Å². The molecule has 3 rings (SSSR count). The summed E-state index contributed by atoms with van der Waals surface area (Å²) in [4.78, 5) is 24.1. The monoisotopic (exact) mass is 486 g/mol. The second-order valence-electron chi connectivity index (χ2n) is 9.98. The van der Waals surface area contributed by atoms with Crippen LogP contribution in [0.15, 0.2) is 42.5 Å². The number of unbranched alkanes of at least 4 members (excludes halogenated alkanes) is 3. The summed E-state index contributed by atoms with van der Waals surface area (Å²) in [6.45, 7) is 2.83. The highest BCUT2D eigenvalue weighted by molar-refractivity contribution is 5.89. The van der Waals surface area contributed by atoms with Gasteiger partial charge in [0.05, 0.1) is 31.5 Å². The van der Waals surface area contributed by atoms with Crippen LogP contribution in [0.2, 0.25) is 0 Å². The van der Waals surface area contributed by atoms with Crippen molar-refractivity contribution in [3.8, 4) is 0 Å². The summed E-state index contributed by atoms with van der Waals surface area (Å²) in [6, 6.07) is 9.15. The average Bonchev–Trinajstić information content (AvgIpc) is 3.41. The van der Waals surface area contributed by atoms with Gasteiger partial charge >= 0.3 is 11.9 Å².